The first kappa shape index (κ1) is 33.3. The molecule has 1 saturated carbocycles. The number of halogens is 1. The van der Waals surface area contributed by atoms with E-state index in [1.807, 2.05) is 79.2 Å². The Balaban J connectivity index is 1.19. The van der Waals surface area contributed by atoms with Crippen molar-refractivity contribution in [2.24, 2.45) is 5.92 Å². The molecule has 1 atom stereocenters. The van der Waals surface area contributed by atoms with E-state index in [0.717, 1.165) is 60.5 Å². The number of benzene rings is 3. The van der Waals surface area contributed by atoms with Gasteiger partial charge in [0.25, 0.3) is 0 Å². The zero-order chi connectivity index (χ0) is 33.2. The van der Waals surface area contributed by atoms with E-state index in [9.17, 15) is 14.7 Å². The van der Waals surface area contributed by atoms with Crippen molar-refractivity contribution >= 4 is 34.8 Å². The van der Waals surface area contributed by atoms with Gasteiger partial charge in [0.15, 0.2) is 0 Å². The van der Waals surface area contributed by atoms with E-state index in [2.05, 4.69) is 29.0 Å². The molecular formula is C38H47ClN4O4. The molecule has 47 heavy (non-hydrogen) atoms. The van der Waals surface area contributed by atoms with Gasteiger partial charge in [0.05, 0.1) is 31.7 Å². The molecule has 2 fully saturated rings. The van der Waals surface area contributed by atoms with E-state index < -0.39 is 0 Å². The summed E-state index contributed by atoms with van der Waals surface area (Å²) in [6.07, 6.45) is 4.79. The van der Waals surface area contributed by atoms with Crippen LogP contribution in [0, 0.1) is 5.92 Å². The molecular weight excluding hydrogens is 612 g/mol. The van der Waals surface area contributed by atoms with Crippen LogP contribution in [0.4, 0.5) is 11.4 Å². The third-order valence-corrected chi connectivity index (χ3v) is 10.4. The molecule has 9 heteroatoms. The fourth-order valence-electron chi connectivity index (χ4n) is 7.53. The second-order valence-electron chi connectivity index (χ2n) is 13.7. The SMILES string of the molecule is CC(C)Oc1cc2c(cc1CO)CC(=O)N(c1ccc(N(C)CC3CCC(N4CCN(C)C(=O)C4)CC3)cc1)[C@H]2c1ccc(Cl)cc1. The maximum absolute atomic E-state index is 13.9. The van der Waals surface area contributed by atoms with Gasteiger partial charge in [-0.15, -0.1) is 0 Å². The zero-order valence-corrected chi connectivity index (χ0v) is 28.7. The van der Waals surface area contributed by atoms with E-state index in [4.69, 9.17) is 16.3 Å². The summed E-state index contributed by atoms with van der Waals surface area (Å²) < 4.78 is 6.11. The molecule has 2 aliphatic heterocycles. The highest BCUT2D eigenvalue weighted by Gasteiger charge is 2.36. The van der Waals surface area contributed by atoms with Crippen LogP contribution in [0.2, 0.25) is 5.02 Å². The van der Waals surface area contributed by atoms with Crippen LogP contribution in [0.15, 0.2) is 60.7 Å². The number of aliphatic hydroxyl groups excluding tert-OH is 1. The topological polar surface area (TPSA) is 76.6 Å². The minimum absolute atomic E-state index is 0.00113. The minimum Gasteiger partial charge on any atom is -0.491 e. The first-order valence-corrected chi connectivity index (χ1v) is 17.3. The van der Waals surface area contributed by atoms with Gasteiger partial charge in [0, 0.05) is 61.7 Å². The van der Waals surface area contributed by atoms with Gasteiger partial charge >= 0.3 is 0 Å². The number of amides is 2. The number of aliphatic hydroxyl groups is 1. The molecule has 0 aromatic heterocycles. The van der Waals surface area contributed by atoms with Gasteiger partial charge < -0.3 is 24.5 Å². The molecule has 3 aromatic rings. The summed E-state index contributed by atoms with van der Waals surface area (Å²) >= 11 is 6.28. The number of likely N-dealkylation sites (N-methyl/N-ethyl adjacent to an activating group) is 1. The summed E-state index contributed by atoms with van der Waals surface area (Å²) in [7, 11) is 4.04. The van der Waals surface area contributed by atoms with Gasteiger partial charge in [-0.05, 0) is 111 Å². The average Bonchev–Trinajstić information content (AvgIpc) is 3.06. The highest BCUT2D eigenvalue weighted by atomic mass is 35.5. The van der Waals surface area contributed by atoms with Crippen LogP contribution >= 0.6 is 11.6 Å². The van der Waals surface area contributed by atoms with Crippen molar-refractivity contribution in [3.8, 4) is 5.75 Å². The number of anilines is 2. The lowest BCUT2D eigenvalue weighted by atomic mass is 9.84. The fourth-order valence-corrected chi connectivity index (χ4v) is 7.65. The highest BCUT2D eigenvalue weighted by Crippen LogP contribution is 2.42. The molecule has 0 bridgehead atoms. The Bertz CT molecular complexity index is 1570. The monoisotopic (exact) mass is 658 g/mol. The molecule has 0 spiro atoms. The van der Waals surface area contributed by atoms with Crippen LogP contribution in [-0.2, 0) is 22.6 Å². The Labute approximate surface area is 283 Å². The van der Waals surface area contributed by atoms with E-state index in [1.54, 1.807) is 0 Å². The number of ether oxygens (including phenoxy) is 1. The zero-order valence-electron chi connectivity index (χ0n) is 28.0. The second kappa shape index (κ2) is 14.3. The number of piperazine rings is 1. The van der Waals surface area contributed by atoms with E-state index >= 15 is 0 Å². The van der Waals surface area contributed by atoms with Crippen LogP contribution in [0.25, 0.3) is 0 Å². The molecule has 8 nitrogen and oxygen atoms in total. The van der Waals surface area contributed by atoms with Crippen LogP contribution in [-0.4, -0.2) is 79.1 Å². The molecule has 250 valence electrons. The van der Waals surface area contributed by atoms with Crippen molar-refractivity contribution in [2.75, 3.05) is 50.1 Å². The smallest absolute Gasteiger partial charge is 0.236 e. The van der Waals surface area contributed by atoms with Gasteiger partial charge in [-0.2, -0.15) is 0 Å². The summed E-state index contributed by atoms with van der Waals surface area (Å²) in [6.45, 7) is 7.10. The first-order valence-electron chi connectivity index (χ1n) is 16.9. The Morgan fingerprint density at radius 3 is 2.30 bits per heavy atom. The molecule has 0 unspecified atom stereocenters. The number of hydrogen-bond donors (Lipinski definition) is 1. The molecule has 3 aliphatic rings. The molecule has 1 N–H and O–H groups in total. The molecule has 1 saturated heterocycles. The van der Waals surface area contributed by atoms with Crippen molar-refractivity contribution in [3.05, 3.63) is 87.9 Å². The number of carbonyl (C=O) groups is 2. The largest absolute Gasteiger partial charge is 0.491 e. The number of nitrogens with zero attached hydrogens (tertiary/aromatic N) is 4. The lowest BCUT2D eigenvalue weighted by Crippen LogP contribution is -2.53. The minimum atomic E-state index is -0.375. The highest BCUT2D eigenvalue weighted by molar-refractivity contribution is 6.30. The second-order valence-corrected chi connectivity index (χ2v) is 14.2. The molecule has 0 radical (unpaired) electrons. The Hall–Kier alpha value is -3.59. The summed E-state index contributed by atoms with van der Waals surface area (Å²) in [5.74, 6) is 1.48. The first-order chi connectivity index (χ1) is 22.6. The molecule has 2 heterocycles. The summed E-state index contributed by atoms with van der Waals surface area (Å²) in [4.78, 5) is 34.6. The number of fused-ring (bicyclic) bond motifs is 1. The quantitative estimate of drug-likeness (QED) is 0.301. The van der Waals surface area contributed by atoms with Gasteiger partial charge in [-0.3, -0.25) is 14.5 Å². The van der Waals surface area contributed by atoms with Crippen molar-refractivity contribution in [3.63, 3.8) is 0 Å². The predicted molar refractivity (Wildman–Crippen MR) is 187 cm³/mol. The normalized spacial score (nSPS) is 22.1. The summed E-state index contributed by atoms with van der Waals surface area (Å²) in [6, 6.07) is 20.0. The molecule has 1 aliphatic carbocycles. The van der Waals surface area contributed by atoms with Crippen molar-refractivity contribution in [2.45, 2.75) is 70.7 Å². The van der Waals surface area contributed by atoms with Gasteiger partial charge in [0.2, 0.25) is 11.8 Å². The third-order valence-electron chi connectivity index (χ3n) is 10.1. The van der Waals surface area contributed by atoms with E-state index in [0.29, 0.717) is 34.8 Å². The van der Waals surface area contributed by atoms with Crippen molar-refractivity contribution in [1.29, 1.82) is 0 Å². The summed E-state index contributed by atoms with van der Waals surface area (Å²) in [5, 5.41) is 10.7. The molecule has 6 rings (SSSR count). The number of hydrogen-bond acceptors (Lipinski definition) is 6. The van der Waals surface area contributed by atoms with Crippen LogP contribution in [0.3, 0.4) is 0 Å². The maximum atomic E-state index is 13.9. The standard InChI is InChI=1S/C38H47ClN4O4/c1-25(2)47-35-21-34-28(19-29(35)24-44)20-36(45)43(38(34)27-7-9-30(39)10-8-27)33-15-13-31(14-16-33)41(4)22-26-5-11-32(12-6-26)42-18-17-40(3)37(46)23-42/h7-10,13-16,19,21,25-26,32,38,44H,5-6,11-12,17-18,20,22-24H2,1-4H3/t26?,32?,38-/m0/s1. The summed E-state index contributed by atoms with van der Waals surface area (Å²) in [5.41, 5.74) is 5.47. The van der Waals surface area contributed by atoms with Crippen molar-refractivity contribution < 1.29 is 19.4 Å². The van der Waals surface area contributed by atoms with Gasteiger partial charge in [-0.25, -0.2) is 0 Å². The predicted octanol–water partition coefficient (Wildman–Crippen LogP) is 6.07. The lowest BCUT2D eigenvalue weighted by Gasteiger charge is -2.41. The third kappa shape index (κ3) is 7.30. The Morgan fingerprint density at radius 1 is 0.957 bits per heavy atom. The Kier molecular flexibility index (Phi) is 10.1. The van der Waals surface area contributed by atoms with Gasteiger partial charge in [-0.1, -0.05) is 23.7 Å². The number of carbonyl (C=O) groups excluding carboxylic acids is 2. The fraction of sp³-hybridized carbons (Fsp3) is 0.474. The molecule has 2 amide bonds. The lowest BCUT2D eigenvalue weighted by molar-refractivity contribution is -0.135. The number of rotatable bonds is 9. The van der Waals surface area contributed by atoms with Crippen LogP contribution in [0.1, 0.15) is 67.8 Å². The van der Waals surface area contributed by atoms with E-state index in [1.165, 1.54) is 12.8 Å². The van der Waals surface area contributed by atoms with Gasteiger partial charge in [0.1, 0.15) is 5.75 Å². The van der Waals surface area contributed by atoms with Crippen LogP contribution < -0.4 is 14.5 Å². The van der Waals surface area contributed by atoms with Crippen LogP contribution in [0.5, 0.6) is 5.75 Å². The van der Waals surface area contributed by atoms with Crippen molar-refractivity contribution in [1.82, 2.24) is 9.80 Å². The maximum Gasteiger partial charge on any atom is 0.236 e. The Morgan fingerprint density at radius 2 is 1.66 bits per heavy atom. The molecule has 3 aromatic carbocycles. The van der Waals surface area contributed by atoms with E-state index in [-0.39, 0.29) is 37.0 Å². The average molecular weight is 659 g/mol.